The number of benzene rings is 2. The van der Waals surface area contributed by atoms with Crippen LogP contribution in [0.4, 0.5) is 5.69 Å². The maximum atomic E-state index is 13.5. The van der Waals surface area contributed by atoms with E-state index in [0.717, 1.165) is 11.1 Å². The third kappa shape index (κ3) is 4.25. The minimum absolute atomic E-state index is 0.0605. The van der Waals surface area contributed by atoms with Gasteiger partial charge in [0.25, 0.3) is 5.91 Å². The van der Waals surface area contributed by atoms with Gasteiger partial charge in [-0.05, 0) is 62.2 Å². The van der Waals surface area contributed by atoms with Gasteiger partial charge in [-0.15, -0.1) is 0 Å². The summed E-state index contributed by atoms with van der Waals surface area (Å²) in [6.45, 7) is 6.12. The highest BCUT2D eigenvalue weighted by Gasteiger charge is 2.23. The van der Waals surface area contributed by atoms with E-state index < -0.39 is 5.91 Å². The molecule has 0 atom stereocenters. The van der Waals surface area contributed by atoms with Gasteiger partial charge < -0.3 is 14.3 Å². The quantitative estimate of drug-likeness (QED) is 0.409. The molecular weight excluding hydrogens is 424 g/mol. The molecule has 0 unspecified atom stereocenters. The minimum Gasteiger partial charge on any atom is -0.467 e. The van der Waals surface area contributed by atoms with Crippen LogP contribution in [0.5, 0.6) is 0 Å². The van der Waals surface area contributed by atoms with Crippen LogP contribution in [-0.2, 0) is 6.54 Å². The van der Waals surface area contributed by atoms with Crippen molar-refractivity contribution >= 4 is 23.2 Å². The van der Waals surface area contributed by atoms with Crippen molar-refractivity contribution in [1.29, 1.82) is 0 Å². The molecule has 1 amide bonds. The van der Waals surface area contributed by atoms with Crippen LogP contribution in [0.2, 0.25) is 5.02 Å². The lowest BCUT2D eigenvalue weighted by molar-refractivity contribution is 0.102. The van der Waals surface area contributed by atoms with Crippen molar-refractivity contribution < 1.29 is 9.21 Å². The number of pyridine rings is 1. The molecule has 1 N–H and O–H groups in total. The Morgan fingerprint density at radius 1 is 1.03 bits per heavy atom. The molecular formula is C26H23ClN2O3. The number of aromatic nitrogens is 1. The smallest absolute Gasteiger partial charge is 0.261 e. The number of carbonyl (C=O) groups is 1. The normalized spacial score (nSPS) is 10.9. The topological polar surface area (TPSA) is 64.2 Å². The van der Waals surface area contributed by atoms with Crippen molar-refractivity contribution in [1.82, 2.24) is 4.57 Å². The Bertz CT molecular complexity index is 1350. The molecule has 2 aromatic heterocycles. The Hall–Kier alpha value is -3.57. The number of anilines is 1. The monoisotopic (exact) mass is 446 g/mol. The Morgan fingerprint density at radius 3 is 2.53 bits per heavy atom. The van der Waals surface area contributed by atoms with Crippen LogP contribution in [0.25, 0.3) is 11.3 Å². The number of rotatable bonds is 5. The van der Waals surface area contributed by atoms with E-state index in [-0.39, 0.29) is 11.0 Å². The fourth-order valence-electron chi connectivity index (χ4n) is 3.76. The van der Waals surface area contributed by atoms with Crippen molar-refractivity contribution in [2.45, 2.75) is 27.3 Å². The van der Waals surface area contributed by atoms with Gasteiger partial charge in [-0.2, -0.15) is 0 Å². The molecule has 4 rings (SSSR count). The van der Waals surface area contributed by atoms with Gasteiger partial charge in [0.1, 0.15) is 11.3 Å². The predicted octanol–water partition coefficient (Wildman–Crippen LogP) is 5.99. The maximum absolute atomic E-state index is 13.5. The highest BCUT2D eigenvalue weighted by atomic mass is 35.5. The van der Waals surface area contributed by atoms with E-state index in [1.807, 2.05) is 55.7 Å². The summed E-state index contributed by atoms with van der Waals surface area (Å²) < 4.78 is 7.44. The van der Waals surface area contributed by atoms with Crippen LogP contribution in [0.1, 0.15) is 32.9 Å². The van der Waals surface area contributed by atoms with E-state index in [2.05, 4.69) is 5.32 Å². The number of aryl methyl sites for hydroxylation is 2. The lowest BCUT2D eigenvalue weighted by Crippen LogP contribution is -2.27. The second-order valence-corrected chi connectivity index (χ2v) is 8.19. The third-order valence-corrected chi connectivity index (χ3v) is 5.83. The maximum Gasteiger partial charge on any atom is 0.261 e. The number of furan rings is 1. The summed E-state index contributed by atoms with van der Waals surface area (Å²) in [6.07, 6.45) is 1.60. The van der Waals surface area contributed by atoms with Gasteiger partial charge in [-0.3, -0.25) is 9.59 Å². The fraction of sp³-hybridized carbons (Fsp3) is 0.154. The summed E-state index contributed by atoms with van der Waals surface area (Å²) >= 11 is 6.26. The molecule has 0 radical (unpaired) electrons. The summed E-state index contributed by atoms with van der Waals surface area (Å²) in [4.78, 5) is 26.6. The number of hydrogen-bond donors (Lipinski definition) is 1. The van der Waals surface area contributed by atoms with Gasteiger partial charge in [0, 0.05) is 28.0 Å². The number of nitrogens with zero attached hydrogens (tertiary/aromatic N) is 1. The Labute approximate surface area is 191 Å². The highest BCUT2D eigenvalue weighted by molar-refractivity contribution is 6.30. The van der Waals surface area contributed by atoms with Crippen LogP contribution in [-0.4, -0.2) is 10.5 Å². The highest BCUT2D eigenvalue weighted by Crippen LogP contribution is 2.28. The van der Waals surface area contributed by atoms with Crippen LogP contribution < -0.4 is 10.7 Å². The number of carbonyl (C=O) groups excluding carboxylic acids is 1. The van der Waals surface area contributed by atoms with Crippen LogP contribution >= 0.6 is 11.6 Å². The fourth-order valence-corrected chi connectivity index (χ4v) is 3.95. The van der Waals surface area contributed by atoms with Crippen LogP contribution in [0.3, 0.4) is 0 Å². The summed E-state index contributed by atoms with van der Waals surface area (Å²) in [6, 6.07) is 18.0. The first-order valence-corrected chi connectivity index (χ1v) is 10.6. The first-order chi connectivity index (χ1) is 15.3. The molecule has 0 saturated heterocycles. The standard InChI is InChI=1S/C26H23ClN2O3/c1-16-7-4-11-22(18(16)3)28-26(31)24-23(30)13-17(2)29(15-21-10-6-12-32-21)25(24)19-8-5-9-20(27)14-19/h4-14H,15H2,1-3H3,(H,28,31). The number of halogens is 1. The Kier molecular flexibility index (Phi) is 6.01. The van der Waals surface area contributed by atoms with E-state index in [0.29, 0.717) is 40.0 Å². The Morgan fingerprint density at radius 2 is 1.81 bits per heavy atom. The van der Waals surface area contributed by atoms with E-state index >= 15 is 0 Å². The Balaban J connectivity index is 1.92. The minimum atomic E-state index is -0.466. The van der Waals surface area contributed by atoms with E-state index in [9.17, 15) is 9.59 Å². The largest absolute Gasteiger partial charge is 0.467 e. The molecule has 0 spiro atoms. The molecule has 5 nitrogen and oxygen atoms in total. The van der Waals surface area contributed by atoms with Crippen molar-refractivity contribution in [2.75, 3.05) is 5.32 Å². The second kappa shape index (κ2) is 8.89. The number of amides is 1. The van der Waals surface area contributed by atoms with Crippen LogP contribution in [0, 0.1) is 20.8 Å². The van der Waals surface area contributed by atoms with Gasteiger partial charge in [-0.1, -0.05) is 35.9 Å². The zero-order valence-corrected chi connectivity index (χ0v) is 18.9. The zero-order valence-electron chi connectivity index (χ0n) is 18.1. The van der Waals surface area contributed by atoms with Crippen molar-refractivity contribution in [3.8, 4) is 11.3 Å². The molecule has 0 aliphatic carbocycles. The van der Waals surface area contributed by atoms with Gasteiger partial charge in [-0.25, -0.2) is 0 Å². The molecule has 4 aromatic rings. The molecule has 0 fully saturated rings. The summed E-state index contributed by atoms with van der Waals surface area (Å²) in [7, 11) is 0. The van der Waals surface area contributed by atoms with Crippen molar-refractivity contribution in [2.24, 2.45) is 0 Å². The lowest BCUT2D eigenvalue weighted by atomic mass is 10.0. The zero-order chi connectivity index (χ0) is 22.8. The van der Waals surface area contributed by atoms with Gasteiger partial charge >= 0.3 is 0 Å². The van der Waals surface area contributed by atoms with E-state index in [1.165, 1.54) is 6.07 Å². The molecule has 0 bridgehead atoms. The number of hydrogen-bond acceptors (Lipinski definition) is 3. The van der Waals surface area contributed by atoms with Gasteiger partial charge in [0.2, 0.25) is 0 Å². The second-order valence-electron chi connectivity index (χ2n) is 7.75. The van der Waals surface area contributed by atoms with Crippen molar-refractivity contribution in [3.63, 3.8) is 0 Å². The first kappa shape index (κ1) is 21.7. The molecule has 162 valence electrons. The molecule has 32 heavy (non-hydrogen) atoms. The van der Waals surface area contributed by atoms with Crippen LogP contribution in [0.15, 0.2) is 76.1 Å². The predicted molar refractivity (Wildman–Crippen MR) is 128 cm³/mol. The average molecular weight is 447 g/mol. The van der Waals surface area contributed by atoms with Crippen molar-refractivity contribution in [3.05, 3.63) is 110 Å². The molecule has 2 heterocycles. The summed E-state index contributed by atoms with van der Waals surface area (Å²) in [5.74, 6) is 0.243. The number of nitrogens with one attached hydrogen (secondary N) is 1. The molecule has 0 aliphatic rings. The first-order valence-electron chi connectivity index (χ1n) is 10.3. The summed E-state index contributed by atoms with van der Waals surface area (Å²) in [5, 5.41) is 3.45. The van der Waals surface area contributed by atoms with Gasteiger partial charge in [0.15, 0.2) is 5.43 Å². The van der Waals surface area contributed by atoms with E-state index in [4.69, 9.17) is 16.0 Å². The summed E-state index contributed by atoms with van der Waals surface area (Å²) in [5.41, 5.74) is 4.27. The van der Waals surface area contributed by atoms with Gasteiger partial charge in [0.05, 0.1) is 18.5 Å². The third-order valence-electron chi connectivity index (χ3n) is 5.59. The molecule has 2 aromatic carbocycles. The SMILES string of the molecule is Cc1cccc(NC(=O)c2c(-c3cccc(Cl)c3)n(Cc3ccco3)c(C)cc2=O)c1C. The molecule has 0 aliphatic heterocycles. The molecule has 6 heteroatoms. The van der Waals surface area contributed by atoms with E-state index in [1.54, 1.807) is 30.5 Å². The lowest BCUT2D eigenvalue weighted by Gasteiger charge is -2.20. The average Bonchev–Trinajstić information content (AvgIpc) is 3.26. The molecule has 0 saturated carbocycles.